The Balaban J connectivity index is 4.76. The molecule has 0 aromatic carbocycles. The number of carbonyl (C=O) groups excluding carboxylic acids is 1. The molecule has 0 radical (unpaired) electrons. The average Bonchev–Trinajstić information content (AvgIpc) is 2.06. The quantitative estimate of drug-likeness (QED) is 0.313. The first-order valence-corrected chi connectivity index (χ1v) is 4.02. The summed E-state index contributed by atoms with van der Waals surface area (Å²) >= 11 is 0. The summed E-state index contributed by atoms with van der Waals surface area (Å²) in [7, 11) is 0. The normalized spacial score (nSPS) is 12.5. The molecule has 3 heteroatoms. The van der Waals surface area contributed by atoms with Crippen molar-refractivity contribution in [1.29, 1.82) is 0 Å². The van der Waals surface area contributed by atoms with Crippen molar-refractivity contribution in [3.8, 4) is 0 Å². The van der Waals surface area contributed by atoms with Gasteiger partial charge in [-0.2, -0.15) is 0 Å². The third-order valence-corrected chi connectivity index (χ3v) is 1.30. The number of allylic oxidation sites excluding steroid dienone is 2. The Bertz CT molecular complexity index is 249. The first-order valence-electron chi connectivity index (χ1n) is 4.02. The summed E-state index contributed by atoms with van der Waals surface area (Å²) in [5, 5.41) is 9.33. The van der Waals surface area contributed by atoms with E-state index in [-0.39, 0.29) is 17.9 Å². The topological polar surface area (TPSA) is 46.5 Å². The highest BCUT2D eigenvalue weighted by Gasteiger charge is 2.10. The molecule has 0 bridgehead atoms. The molecule has 0 aliphatic heterocycles. The van der Waals surface area contributed by atoms with E-state index in [1.165, 1.54) is 12.2 Å². The Hall–Kier alpha value is -1.51. The Morgan fingerprint density at radius 2 is 2.23 bits per heavy atom. The van der Waals surface area contributed by atoms with Crippen molar-refractivity contribution < 1.29 is 14.6 Å². The molecule has 0 aromatic rings. The molecule has 3 nitrogen and oxygen atoms in total. The van der Waals surface area contributed by atoms with Gasteiger partial charge in [0.25, 0.3) is 0 Å². The number of esters is 1. The molecule has 1 N–H and O–H groups in total. The van der Waals surface area contributed by atoms with Gasteiger partial charge in [0.05, 0.1) is 6.61 Å². The van der Waals surface area contributed by atoms with Crippen LogP contribution in [-0.2, 0) is 9.53 Å². The summed E-state index contributed by atoms with van der Waals surface area (Å²) in [6.07, 6.45) is 4.30. The molecule has 13 heavy (non-hydrogen) atoms. The van der Waals surface area contributed by atoms with Gasteiger partial charge in [-0.15, -0.1) is 0 Å². The number of carbonyl (C=O) groups is 1. The van der Waals surface area contributed by atoms with Gasteiger partial charge in [-0.25, -0.2) is 4.79 Å². The van der Waals surface area contributed by atoms with Crippen LogP contribution in [0.5, 0.6) is 0 Å². The minimum absolute atomic E-state index is 0.0833. The van der Waals surface area contributed by atoms with Crippen LogP contribution in [0.1, 0.15) is 13.8 Å². The predicted molar refractivity (Wildman–Crippen MR) is 51.3 cm³/mol. The molecule has 0 aliphatic carbocycles. The van der Waals surface area contributed by atoms with Crippen molar-refractivity contribution in [3.63, 3.8) is 0 Å². The lowest BCUT2D eigenvalue weighted by Crippen LogP contribution is -2.07. The van der Waals surface area contributed by atoms with Gasteiger partial charge in [0, 0.05) is 0 Å². The van der Waals surface area contributed by atoms with Crippen molar-refractivity contribution in [3.05, 3.63) is 36.1 Å². The van der Waals surface area contributed by atoms with E-state index in [1.54, 1.807) is 19.9 Å². The average molecular weight is 182 g/mol. The van der Waals surface area contributed by atoms with Gasteiger partial charge in [0.15, 0.2) is 0 Å². The molecule has 0 rings (SSSR count). The lowest BCUT2D eigenvalue weighted by molar-refractivity contribution is -0.138. The van der Waals surface area contributed by atoms with Crippen molar-refractivity contribution in [1.82, 2.24) is 0 Å². The number of ether oxygens (including phenoxy) is 1. The molecule has 0 heterocycles. The SMILES string of the molecule is C=C/C(C(=O)OCC)=C(O)\C=C/C. The van der Waals surface area contributed by atoms with Crippen LogP contribution in [-0.4, -0.2) is 17.7 Å². The molecular weight excluding hydrogens is 168 g/mol. The van der Waals surface area contributed by atoms with E-state index in [0.29, 0.717) is 0 Å². The van der Waals surface area contributed by atoms with Gasteiger partial charge in [-0.1, -0.05) is 18.7 Å². The van der Waals surface area contributed by atoms with Crippen LogP contribution in [0.3, 0.4) is 0 Å². The van der Waals surface area contributed by atoms with Crippen molar-refractivity contribution in [2.75, 3.05) is 6.61 Å². The zero-order chi connectivity index (χ0) is 10.3. The van der Waals surface area contributed by atoms with Gasteiger partial charge in [-0.3, -0.25) is 0 Å². The van der Waals surface area contributed by atoms with Crippen LogP contribution in [0.2, 0.25) is 0 Å². The van der Waals surface area contributed by atoms with Crippen LogP contribution in [0.25, 0.3) is 0 Å². The number of hydrogen-bond donors (Lipinski definition) is 1. The van der Waals surface area contributed by atoms with Crippen LogP contribution >= 0.6 is 0 Å². The second kappa shape index (κ2) is 6.06. The molecule has 0 aliphatic rings. The number of aliphatic hydroxyl groups is 1. The Morgan fingerprint density at radius 1 is 1.62 bits per heavy atom. The Labute approximate surface area is 78.0 Å². The molecule has 0 amide bonds. The van der Waals surface area contributed by atoms with E-state index < -0.39 is 5.97 Å². The summed E-state index contributed by atoms with van der Waals surface area (Å²) in [5.41, 5.74) is 0.0833. The molecular formula is C10H14O3. The first-order chi connectivity index (χ1) is 6.17. The number of hydrogen-bond acceptors (Lipinski definition) is 3. The molecule has 0 unspecified atom stereocenters. The summed E-state index contributed by atoms with van der Waals surface area (Å²) < 4.78 is 4.70. The van der Waals surface area contributed by atoms with E-state index in [4.69, 9.17) is 4.74 Å². The minimum atomic E-state index is -0.562. The van der Waals surface area contributed by atoms with Crippen LogP contribution in [0.15, 0.2) is 36.1 Å². The van der Waals surface area contributed by atoms with E-state index in [0.717, 1.165) is 0 Å². The third-order valence-electron chi connectivity index (χ3n) is 1.30. The summed E-state index contributed by atoms with van der Waals surface area (Å²) in [6, 6.07) is 0. The molecule has 0 aromatic heterocycles. The maximum Gasteiger partial charge on any atom is 0.341 e. The highest BCUT2D eigenvalue weighted by molar-refractivity contribution is 5.92. The highest BCUT2D eigenvalue weighted by atomic mass is 16.5. The van der Waals surface area contributed by atoms with Crippen LogP contribution in [0, 0.1) is 0 Å². The highest BCUT2D eigenvalue weighted by Crippen LogP contribution is 2.06. The van der Waals surface area contributed by atoms with Gasteiger partial charge in [0.1, 0.15) is 11.3 Å². The lowest BCUT2D eigenvalue weighted by Gasteiger charge is -2.02. The predicted octanol–water partition coefficient (Wildman–Crippen LogP) is 2.12. The van der Waals surface area contributed by atoms with Gasteiger partial charge in [0.2, 0.25) is 0 Å². The summed E-state index contributed by atoms with van der Waals surface area (Å²) in [6.45, 7) is 7.13. The number of aliphatic hydroxyl groups excluding tert-OH is 1. The van der Waals surface area contributed by atoms with E-state index in [9.17, 15) is 9.90 Å². The van der Waals surface area contributed by atoms with Gasteiger partial charge in [-0.05, 0) is 19.9 Å². The Morgan fingerprint density at radius 3 is 2.62 bits per heavy atom. The minimum Gasteiger partial charge on any atom is -0.507 e. The maximum absolute atomic E-state index is 11.1. The molecule has 0 saturated carbocycles. The summed E-state index contributed by atoms with van der Waals surface area (Å²) in [5.74, 6) is -0.691. The largest absolute Gasteiger partial charge is 0.507 e. The third kappa shape index (κ3) is 3.60. The fraction of sp³-hybridized carbons (Fsp3) is 0.300. The van der Waals surface area contributed by atoms with Gasteiger partial charge >= 0.3 is 5.97 Å². The number of rotatable bonds is 4. The maximum atomic E-state index is 11.1. The second-order valence-corrected chi connectivity index (χ2v) is 2.22. The molecule has 0 spiro atoms. The van der Waals surface area contributed by atoms with Crippen molar-refractivity contribution in [2.45, 2.75) is 13.8 Å². The van der Waals surface area contributed by atoms with Crippen molar-refractivity contribution >= 4 is 5.97 Å². The van der Waals surface area contributed by atoms with E-state index in [1.807, 2.05) is 0 Å². The standard InChI is InChI=1S/C10H14O3/c1-4-7-9(11)8(5-2)10(12)13-6-3/h4-5,7,11H,2,6H2,1,3H3/b7-4-,9-8-. The van der Waals surface area contributed by atoms with Crippen LogP contribution in [0.4, 0.5) is 0 Å². The van der Waals surface area contributed by atoms with E-state index in [2.05, 4.69) is 6.58 Å². The second-order valence-electron chi connectivity index (χ2n) is 2.22. The lowest BCUT2D eigenvalue weighted by atomic mass is 10.2. The zero-order valence-corrected chi connectivity index (χ0v) is 7.91. The summed E-state index contributed by atoms with van der Waals surface area (Å²) in [4.78, 5) is 11.1. The molecule has 0 saturated heterocycles. The first kappa shape index (κ1) is 11.5. The zero-order valence-electron chi connectivity index (χ0n) is 7.91. The fourth-order valence-electron chi connectivity index (χ4n) is 0.749. The van der Waals surface area contributed by atoms with Gasteiger partial charge < -0.3 is 9.84 Å². The smallest absolute Gasteiger partial charge is 0.341 e. The van der Waals surface area contributed by atoms with Crippen LogP contribution < -0.4 is 0 Å². The van der Waals surface area contributed by atoms with Crippen molar-refractivity contribution in [2.24, 2.45) is 0 Å². The van der Waals surface area contributed by atoms with E-state index >= 15 is 0 Å². The fourth-order valence-corrected chi connectivity index (χ4v) is 0.749. The molecule has 0 fully saturated rings. The Kier molecular flexibility index (Phi) is 5.35. The molecule has 0 atom stereocenters. The monoisotopic (exact) mass is 182 g/mol. The molecule has 72 valence electrons.